The van der Waals surface area contributed by atoms with E-state index < -0.39 is 0 Å². The maximum atomic E-state index is 5.96. The number of halogens is 2. The summed E-state index contributed by atoms with van der Waals surface area (Å²) in [5, 5.41) is 28.4. The second-order valence-corrected chi connectivity index (χ2v) is 26.9. The molecular weight excluding hydrogens is 1480 g/mol. The fourth-order valence-corrected chi connectivity index (χ4v) is 12.1. The average Bonchev–Trinajstić information content (AvgIpc) is 1.70. The Morgan fingerprint density at radius 1 is 0.425 bits per heavy atom. The van der Waals surface area contributed by atoms with Crippen LogP contribution in [0.3, 0.4) is 0 Å². The van der Waals surface area contributed by atoms with Gasteiger partial charge in [-0.25, -0.2) is 9.97 Å². The molecule has 1 atom stereocenters. The molecule has 0 fully saturated rings. The molecule has 27 nitrogen and oxygen atoms in total. The van der Waals surface area contributed by atoms with Crippen LogP contribution in [0.2, 0.25) is 10.3 Å². The summed E-state index contributed by atoms with van der Waals surface area (Å²) in [5.74, 6) is 10.3. The second kappa shape index (κ2) is 37.0. The summed E-state index contributed by atoms with van der Waals surface area (Å²) < 4.78 is 64.6. The highest BCUT2D eigenvalue weighted by Gasteiger charge is 2.28. The maximum Gasteiger partial charge on any atom is 0.296 e. The normalized spacial score (nSPS) is 11.8. The first-order valence-electron chi connectivity index (χ1n) is 35.9. The number of hydrogen-bond acceptors (Lipinski definition) is 27. The highest BCUT2D eigenvalue weighted by molar-refractivity contribution is 6.30. The van der Waals surface area contributed by atoms with Crippen LogP contribution >= 0.6 is 23.2 Å². The number of fused-ring (bicyclic) bond motifs is 1. The lowest BCUT2D eigenvalue weighted by molar-refractivity contribution is 0.288. The molecule has 6 aromatic carbocycles. The molecule has 578 valence electrons. The van der Waals surface area contributed by atoms with Gasteiger partial charge in [0.25, 0.3) is 23.6 Å². The SMILES string of the molecule is CCOc1ccc(-c2nc(-c3ccncc3C)no2)cc1OCC.COc1cc(-c2noc(-c3cc(C)nc(Cl)c3)n2)ccc1C.COc1cc(-c2noc(-c3cc(CC(C)C)no3)n2)ccc1C.COc1cc(-c2noc(-c3ccnc(Cl)c3)n2)ccc1C.COc1cc(-c2noc(C3Cc4ccccc4N3)n2)ccc1C. The van der Waals surface area contributed by atoms with Crippen LogP contribution in [-0.4, -0.2) is 112 Å². The van der Waals surface area contributed by atoms with E-state index >= 15 is 0 Å². The van der Waals surface area contributed by atoms with Crippen molar-refractivity contribution >= 4 is 28.9 Å². The molecule has 16 rings (SSSR count). The van der Waals surface area contributed by atoms with E-state index in [1.54, 1.807) is 65.2 Å². The molecule has 0 radical (unpaired) electrons. The number of benzene rings is 6. The molecule has 0 saturated heterocycles. The Kier molecular flexibility index (Phi) is 26.0. The summed E-state index contributed by atoms with van der Waals surface area (Å²) in [5.41, 5.74) is 15.8. The third kappa shape index (κ3) is 19.9. The van der Waals surface area contributed by atoms with Gasteiger partial charge in [0.05, 0.1) is 47.3 Å². The average molecular weight is 1560 g/mol. The molecule has 0 aliphatic carbocycles. The predicted molar refractivity (Wildman–Crippen MR) is 426 cm³/mol. The number of aromatic nitrogens is 14. The van der Waals surface area contributed by atoms with Crippen molar-refractivity contribution in [3.63, 3.8) is 0 Å². The van der Waals surface area contributed by atoms with Gasteiger partial charge in [0, 0.05) is 87.0 Å². The zero-order valence-corrected chi connectivity index (χ0v) is 66.1. The fraction of sp³-hybridized carbons (Fsp3) is 0.238. The number of nitrogens with zero attached hydrogens (tertiary/aromatic N) is 14. The van der Waals surface area contributed by atoms with Crippen LogP contribution in [-0.2, 0) is 12.8 Å². The van der Waals surface area contributed by atoms with Gasteiger partial charge < -0.3 is 60.9 Å². The van der Waals surface area contributed by atoms with E-state index in [2.05, 4.69) is 102 Å². The fourth-order valence-electron chi connectivity index (χ4n) is 11.7. The zero-order valence-electron chi connectivity index (χ0n) is 64.6. The molecule has 1 aliphatic heterocycles. The Morgan fingerprint density at radius 3 is 1.43 bits per heavy atom. The lowest BCUT2D eigenvalue weighted by Crippen LogP contribution is -2.05. The molecule has 0 spiro atoms. The number of para-hydroxylation sites is 1. The van der Waals surface area contributed by atoms with Gasteiger partial charge in [0.15, 0.2) is 11.5 Å². The van der Waals surface area contributed by atoms with Gasteiger partial charge in [-0.05, 0) is 180 Å². The van der Waals surface area contributed by atoms with Crippen molar-refractivity contribution in [3.05, 3.63) is 231 Å². The van der Waals surface area contributed by atoms with E-state index in [1.807, 2.05) is 177 Å². The number of rotatable bonds is 20. The molecule has 113 heavy (non-hydrogen) atoms. The van der Waals surface area contributed by atoms with Crippen LogP contribution in [0.15, 0.2) is 197 Å². The summed E-state index contributed by atoms with van der Waals surface area (Å²) in [4.78, 5) is 34.3. The van der Waals surface area contributed by atoms with E-state index in [-0.39, 0.29) is 6.04 Å². The summed E-state index contributed by atoms with van der Waals surface area (Å²) in [7, 11) is 6.56. The van der Waals surface area contributed by atoms with Gasteiger partial charge in [0.2, 0.25) is 40.8 Å². The first-order valence-corrected chi connectivity index (χ1v) is 36.7. The number of aryl methyl sites for hydroxylation is 6. The minimum Gasteiger partial charge on any atom is -0.496 e. The van der Waals surface area contributed by atoms with Crippen LogP contribution in [0.4, 0.5) is 5.69 Å². The van der Waals surface area contributed by atoms with Crippen molar-refractivity contribution in [1.82, 2.24) is 70.8 Å². The van der Waals surface area contributed by atoms with Crippen molar-refractivity contribution in [2.75, 3.05) is 47.0 Å². The molecule has 1 N–H and O–H groups in total. The molecule has 15 aromatic rings. The lowest BCUT2D eigenvalue weighted by atomic mass is 10.1. The summed E-state index contributed by atoms with van der Waals surface area (Å²) in [6.45, 7) is 21.0. The Balaban J connectivity index is 0.000000131. The number of ether oxygens (including phenoxy) is 6. The van der Waals surface area contributed by atoms with Gasteiger partial charge in [-0.1, -0.05) is 135 Å². The minimum absolute atomic E-state index is 0.0287. The standard InChI is InChI=1S/C18H19N3O3.C18H17N3O2.C17H19N3O3.C16H14ClN3O2.C15H12ClN3O2/c1-4-22-15-7-6-13(10-16(15)23-5-2)18-20-17(21-24-18)14-8-9-19-11-12(14)3;1-11-7-8-13(10-16(11)22-2)17-20-18(23-21-17)15-9-12-5-3-4-6-14(12)19-15;1-10(2)7-13-9-15(22-19-13)17-18-16(20-23-17)12-6-5-11(3)14(8-12)21-4;1-9-4-5-11(7-13(9)21-3)15-19-16(22-20-15)12-6-10(2)18-14(17)8-12;1-9-3-4-10(7-12(9)20-2)14-18-15(21-19-14)11-5-6-17-13(16)8-11/h6-11H,4-5H2,1-3H3;3-8,10,15,19H,9H2,1-2H3;5-6,8-10H,7H2,1-4H3;4-8H,1-3H3;3-8H,1-2H3. The number of anilines is 1. The van der Waals surface area contributed by atoms with Gasteiger partial charge in [-0.2, -0.15) is 24.9 Å². The number of methoxy groups -OCH3 is 4. The van der Waals surface area contributed by atoms with Crippen LogP contribution in [0.25, 0.3) is 103 Å². The lowest BCUT2D eigenvalue weighted by Gasteiger charge is -2.11. The van der Waals surface area contributed by atoms with Crippen LogP contribution in [0.5, 0.6) is 34.5 Å². The van der Waals surface area contributed by atoms with Crippen molar-refractivity contribution in [3.8, 4) is 137 Å². The number of pyridine rings is 3. The first-order chi connectivity index (χ1) is 54.8. The van der Waals surface area contributed by atoms with Crippen LogP contribution < -0.4 is 33.7 Å². The zero-order chi connectivity index (χ0) is 79.7. The third-order valence-electron chi connectivity index (χ3n) is 17.5. The summed E-state index contributed by atoms with van der Waals surface area (Å²) >= 11 is 11.8. The topological polar surface area (TPSA) is 327 Å². The molecule has 0 saturated carbocycles. The molecule has 0 amide bonds. The Labute approximate surface area is 661 Å². The van der Waals surface area contributed by atoms with Gasteiger partial charge in [0.1, 0.15) is 39.3 Å². The molecule has 1 aliphatic rings. The van der Waals surface area contributed by atoms with E-state index in [1.165, 1.54) is 5.56 Å². The van der Waals surface area contributed by atoms with E-state index in [9.17, 15) is 0 Å². The molecule has 0 bridgehead atoms. The maximum absolute atomic E-state index is 5.96. The predicted octanol–water partition coefficient (Wildman–Crippen LogP) is 19.4. The quantitative estimate of drug-likeness (QED) is 0.0693. The first kappa shape index (κ1) is 79.4. The number of nitrogens with one attached hydrogen (secondary N) is 1. The Bertz CT molecular complexity index is 5670. The highest BCUT2D eigenvalue weighted by atomic mass is 35.5. The third-order valence-corrected chi connectivity index (χ3v) is 17.9. The van der Waals surface area contributed by atoms with Crippen molar-refractivity contribution in [2.24, 2.45) is 5.92 Å². The highest BCUT2D eigenvalue weighted by Crippen LogP contribution is 2.38. The van der Waals surface area contributed by atoms with E-state index in [0.717, 1.165) is 125 Å². The largest absolute Gasteiger partial charge is 0.496 e. The van der Waals surface area contributed by atoms with Crippen molar-refractivity contribution in [1.29, 1.82) is 0 Å². The van der Waals surface area contributed by atoms with Crippen LogP contribution in [0.1, 0.15) is 84.4 Å². The Morgan fingerprint density at radius 2 is 0.903 bits per heavy atom. The monoisotopic (exact) mass is 1560 g/mol. The summed E-state index contributed by atoms with van der Waals surface area (Å²) in [6, 6.07) is 47.7. The molecular formula is C84H81Cl2N15O12. The minimum atomic E-state index is 0.0287. The van der Waals surface area contributed by atoms with Crippen LogP contribution in [0, 0.1) is 47.5 Å². The molecule has 29 heteroatoms. The van der Waals surface area contributed by atoms with Crippen molar-refractivity contribution in [2.45, 2.75) is 88.1 Å². The second-order valence-electron chi connectivity index (χ2n) is 26.1. The van der Waals surface area contributed by atoms with Gasteiger partial charge >= 0.3 is 0 Å². The van der Waals surface area contributed by atoms with Gasteiger partial charge in [-0.15, -0.1) is 0 Å². The van der Waals surface area contributed by atoms with E-state index in [0.29, 0.717) is 105 Å². The molecule has 9 aromatic heterocycles. The van der Waals surface area contributed by atoms with Gasteiger partial charge in [-0.3, -0.25) is 4.98 Å². The smallest absolute Gasteiger partial charge is 0.296 e. The molecule has 1 unspecified atom stereocenters. The summed E-state index contributed by atoms with van der Waals surface area (Å²) in [6.07, 6.45) is 6.78. The van der Waals surface area contributed by atoms with E-state index in [4.69, 9.17) is 78.8 Å². The molecule has 10 heterocycles. The number of hydrogen-bond donors (Lipinski definition) is 1. The Hall–Kier alpha value is -13.1. The van der Waals surface area contributed by atoms with Crippen molar-refractivity contribution < 1.29 is 55.6 Å².